The smallest absolute Gasteiger partial charge is 0.320 e. The molecule has 2 aromatic rings. The summed E-state index contributed by atoms with van der Waals surface area (Å²) >= 11 is 0. The van der Waals surface area contributed by atoms with Crippen molar-refractivity contribution in [2.45, 2.75) is 32.0 Å². The van der Waals surface area contributed by atoms with Crippen molar-refractivity contribution in [3.05, 3.63) is 48.2 Å². The molecular weight excluding hydrogens is 316 g/mol. The lowest BCUT2D eigenvalue weighted by atomic mass is 10.2. The van der Waals surface area contributed by atoms with E-state index in [1.807, 2.05) is 18.2 Å². The Labute approximate surface area is 147 Å². The molecule has 25 heavy (non-hydrogen) atoms. The molecular formula is C18H22N6O. The number of amides is 2. The van der Waals surface area contributed by atoms with Crippen LogP contribution in [0.1, 0.15) is 18.4 Å². The van der Waals surface area contributed by atoms with Gasteiger partial charge in [0.25, 0.3) is 0 Å². The Balaban J connectivity index is 1.43. The minimum Gasteiger partial charge on any atom is -0.334 e. The van der Waals surface area contributed by atoms with Gasteiger partial charge in [0, 0.05) is 37.9 Å². The molecule has 0 unspecified atom stereocenters. The third-order valence-corrected chi connectivity index (χ3v) is 4.19. The van der Waals surface area contributed by atoms with E-state index in [1.54, 1.807) is 16.9 Å². The van der Waals surface area contributed by atoms with Crippen LogP contribution in [0.15, 0.2) is 42.6 Å². The molecule has 1 aliphatic heterocycles. The summed E-state index contributed by atoms with van der Waals surface area (Å²) in [4.78, 5) is 14.5. The third kappa shape index (κ3) is 5.06. The zero-order valence-electron chi connectivity index (χ0n) is 14.1. The Morgan fingerprint density at radius 3 is 2.96 bits per heavy atom. The second-order valence-electron chi connectivity index (χ2n) is 6.18. The lowest BCUT2D eigenvalue weighted by Crippen LogP contribution is -2.39. The maximum Gasteiger partial charge on any atom is 0.320 e. The van der Waals surface area contributed by atoms with E-state index in [-0.39, 0.29) is 12.1 Å². The fraction of sp³-hybridized carbons (Fsp3) is 0.389. The van der Waals surface area contributed by atoms with Crippen LogP contribution in [0, 0.1) is 11.3 Å². The number of aryl methyl sites for hydroxylation is 1. The molecule has 1 saturated heterocycles. The first-order chi connectivity index (χ1) is 12.2. The Bertz CT molecular complexity index is 736. The Morgan fingerprint density at radius 1 is 1.32 bits per heavy atom. The van der Waals surface area contributed by atoms with E-state index in [9.17, 15) is 4.79 Å². The van der Waals surface area contributed by atoms with Crippen LogP contribution in [0.5, 0.6) is 0 Å². The zero-order chi connectivity index (χ0) is 17.5. The molecule has 2 heterocycles. The van der Waals surface area contributed by atoms with E-state index < -0.39 is 0 Å². The molecule has 1 fully saturated rings. The van der Waals surface area contributed by atoms with Crippen molar-refractivity contribution < 1.29 is 4.79 Å². The van der Waals surface area contributed by atoms with Crippen LogP contribution >= 0.6 is 0 Å². The van der Waals surface area contributed by atoms with Gasteiger partial charge in [-0.3, -0.25) is 14.9 Å². The number of likely N-dealkylation sites (tertiary alicyclic amines) is 1. The molecule has 7 heteroatoms. The Hall–Kier alpha value is -2.85. The molecule has 0 spiro atoms. The van der Waals surface area contributed by atoms with Crippen LogP contribution in [-0.2, 0) is 13.1 Å². The summed E-state index contributed by atoms with van der Waals surface area (Å²) in [5.74, 6) is 0.495. The largest absolute Gasteiger partial charge is 0.334 e. The number of nitrogens with one attached hydrogen (secondary N) is 2. The zero-order valence-corrected chi connectivity index (χ0v) is 14.1. The number of carbonyl (C=O) groups is 1. The number of carbonyl (C=O) groups excluding carboxylic acids is 1. The van der Waals surface area contributed by atoms with Gasteiger partial charge in [0.05, 0.1) is 19.0 Å². The van der Waals surface area contributed by atoms with E-state index in [0.29, 0.717) is 18.8 Å². The molecule has 1 atom stereocenters. The molecule has 7 nitrogen and oxygen atoms in total. The first kappa shape index (κ1) is 17.0. The number of hydrogen-bond donors (Lipinski definition) is 2. The van der Waals surface area contributed by atoms with E-state index in [4.69, 9.17) is 5.26 Å². The average molecular weight is 338 g/mol. The molecule has 0 bridgehead atoms. The summed E-state index contributed by atoms with van der Waals surface area (Å²) in [6.07, 6.45) is 3.09. The molecule has 3 rings (SSSR count). The minimum atomic E-state index is -0.239. The maximum absolute atomic E-state index is 12.1. The summed E-state index contributed by atoms with van der Waals surface area (Å²) in [6.45, 7) is 3.25. The van der Waals surface area contributed by atoms with Crippen LogP contribution in [0.3, 0.4) is 0 Å². The van der Waals surface area contributed by atoms with Crippen molar-refractivity contribution >= 4 is 11.8 Å². The van der Waals surface area contributed by atoms with Crippen LogP contribution in [0.4, 0.5) is 10.6 Å². The SMILES string of the molecule is N#CCCn1ccc(NC(=O)N[C@@H]2CCN(Cc3ccccc3)C2)n1. The average Bonchev–Trinajstić information content (AvgIpc) is 3.23. The van der Waals surface area contributed by atoms with Crippen LogP contribution < -0.4 is 10.6 Å². The van der Waals surface area contributed by atoms with Gasteiger partial charge in [-0.1, -0.05) is 30.3 Å². The van der Waals surface area contributed by atoms with Gasteiger partial charge in [-0.25, -0.2) is 4.79 Å². The summed E-state index contributed by atoms with van der Waals surface area (Å²) in [6, 6.07) is 14.1. The number of urea groups is 1. The van der Waals surface area contributed by atoms with Gasteiger partial charge < -0.3 is 5.32 Å². The highest BCUT2D eigenvalue weighted by molar-refractivity contribution is 5.88. The van der Waals surface area contributed by atoms with Crippen LogP contribution in [0.2, 0.25) is 0 Å². The summed E-state index contributed by atoms with van der Waals surface area (Å²) in [5.41, 5.74) is 1.29. The van der Waals surface area contributed by atoms with Crippen molar-refractivity contribution in [1.82, 2.24) is 20.0 Å². The highest BCUT2D eigenvalue weighted by Gasteiger charge is 2.23. The van der Waals surface area contributed by atoms with Gasteiger partial charge in [-0.15, -0.1) is 0 Å². The molecule has 0 radical (unpaired) electrons. The number of aromatic nitrogens is 2. The van der Waals surface area contributed by atoms with Gasteiger partial charge in [0.2, 0.25) is 0 Å². The van der Waals surface area contributed by atoms with Crippen molar-refractivity contribution in [1.29, 1.82) is 5.26 Å². The Morgan fingerprint density at radius 2 is 2.16 bits per heavy atom. The number of nitrogens with zero attached hydrogens (tertiary/aromatic N) is 4. The highest BCUT2D eigenvalue weighted by Crippen LogP contribution is 2.13. The van der Waals surface area contributed by atoms with Gasteiger partial charge >= 0.3 is 6.03 Å². The monoisotopic (exact) mass is 338 g/mol. The molecule has 2 amide bonds. The quantitative estimate of drug-likeness (QED) is 0.845. The van der Waals surface area contributed by atoms with E-state index in [0.717, 1.165) is 26.1 Å². The van der Waals surface area contributed by atoms with Gasteiger partial charge in [0.1, 0.15) is 0 Å². The fourth-order valence-electron chi connectivity index (χ4n) is 2.99. The van der Waals surface area contributed by atoms with Gasteiger partial charge in [-0.05, 0) is 12.0 Å². The predicted molar refractivity (Wildman–Crippen MR) is 94.7 cm³/mol. The van der Waals surface area contributed by atoms with Crippen molar-refractivity contribution in [2.24, 2.45) is 0 Å². The molecule has 2 N–H and O–H groups in total. The standard InChI is InChI=1S/C18H22N6O/c19-9-4-10-24-12-8-17(22-24)21-18(25)20-16-7-11-23(14-16)13-15-5-2-1-3-6-15/h1-3,5-6,8,12,16H,4,7,10-11,13-14H2,(H2,20,21,22,25)/t16-/m1/s1. The molecule has 0 aliphatic carbocycles. The molecule has 1 aromatic heterocycles. The molecule has 0 saturated carbocycles. The van der Waals surface area contributed by atoms with Gasteiger partial charge in [-0.2, -0.15) is 10.4 Å². The van der Waals surface area contributed by atoms with Crippen molar-refractivity contribution in [3.8, 4) is 6.07 Å². The number of hydrogen-bond acceptors (Lipinski definition) is 4. The lowest BCUT2D eigenvalue weighted by Gasteiger charge is -2.16. The first-order valence-corrected chi connectivity index (χ1v) is 8.47. The Kier molecular flexibility index (Phi) is 5.65. The minimum absolute atomic E-state index is 0.143. The first-order valence-electron chi connectivity index (χ1n) is 8.47. The van der Waals surface area contributed by atoms with E-state index in [2.05, 4.69) is 38.8 Å². The van der Waals surface area contributed by atoms with Gasteiger partial charge in [0.15, 0.2) is 5.82 Å². The van der Waals surface area contributed by atoms with Crippen LogP contribution in [-0.4, -0.2) is 39.8 Å². The topological polar surface area (TPSA) is 86.0 Å². The third-order valence-electron chi connectivity index (χ3n) is 4.19. The molecule has 1 aromatic carbocycles. The summed E-state index contributed by atoms with van der Waals surface area (Å²) in [5, 5.41) is 18.5. The second kappa shape index (κ2) is 8.31. The molecule has 1 aliphatic rings. The number of nitriles is 1. The number of benzene rings is 1. The van der Waals surface area contributed by atoms with Crippen molar-refractivity contribution in [3.63, 3.8) is 0 Å². The second-order valence-corrected chi connectivity index (χ2v) is 6.18. The van der Waals surface area contributed by atoms with E-state index >= 15 is 0 Å². The summed E-state index contributed by atoms with van der Waals surface area (Å²) in [7, 11) is 0. The predicted octanol–water partition coefficient (Wildman–Crippen LogP) is 2.19. The maximum atomic E-state index is 12.1. The number of anilines is 1. The van der Waals surface area contributed by atoms with Crippen molar-refractivity contribution in [2.75, 3.05) is 18.4 Å². The van der Waals surface area contributed by atoms with E-state index in [1.165, 1.54) is 5.56 Å². The fourth-order valence-corrected chi connectivity index (χ4v) is 2.99. The highest BCUT2D eigenvalue weighted by atomic mass is 16.2. The number of rotatable bonds is 6. The lowest BCUT2D eigenvalue weighted by molar-refractivity contribution is 0.247. The molecule has 130 valence electrons. The normalized spacial score (nSPS) is 17.2. The summed E-state index contributed by atoms with van der Waals surface area (Å²) < 4.78 is 1.65. The van der Waals surface area contributed by atoms with Crippen LogP contribution in [0.25, 0.3) is 0 Å².